The molecule has 1 aromatic rings. The van der Waals surface area contributed by atoms with Crippen molar-refractivity contribution in [3.63, 3.8) is 0 Å². The molecular formula is C10H14BrN3O2S. The van der Waals surface area contributed by atoms with Gasteiger partial charge in [0.25, 0.3) is 0 Å². The summed E-state index contributed by atoms with van der Waals surface area (Å²) in [4.78, 5) is 8.16. The zero-order chi connectivity index (χ0) is 12.7. The van der Waals surface area contributed by atoms with Gasteiger partial charge in [-0.3, -0.25) is 0 Å². The number of aromatic nitrogens is 2. The summed E-state index contributed by atoms with van der Waals surface area (Å²) < 4.78 is 23.6. The zero-order valence-electron chi connectivity index (χ0n) is 9.64. The van der Waals surface area contributed by atoms with Crippen molar-refractivity contribution in [1.82, 2.24) is 9.97 Å². The van der Waals surface area contributed by atoms with Crippen LogP contribution in [0.25, 0.3) is 0 Å². The summed E-state index contributed by atoms with van der Waals surface area (Å²) in [5.41, 5.74) is 0. The van der Waals surface area contributed by atoms with Crippen LogP contribution in [0.15, 0.2) is 16.9 Å². The molecule has 0 aliphatic heterocycles. The molecule has 94 valence electrons. The van der Waals surface area contributed by atoms with E-state index in [1.165, 1.54) is 6.26 Å². The molecule has 1 aromatic heterocycles. The highest BCUT2D eigenvalue weighted by Crippen LogP contribution is 2.46. The van der Waals surface area contributed by atoms with Crippen LogP contribution >= 0.6 is 15.9 Å². The van der Waals surface area contributed by atoms with E-state index in [-0.39, 0.29) is 6.04 Å². The van der Waals surface area contributed by atoms with E-state index in [0.29, 0.717) is 18.8 Å². The molecule has 7 heteroatoms. The van der Waals surface area contributed by atoms with Crippen LogP contribution in [0, 0.1) is 0 Å². The number of anilines is 1. The van der Waals surface area contributed by atoms with Crippen LogP contribution in [-0.2, 0) is 9.84 Å². The Balaban J connectivity index is 2.13. The summed E-state index contributed by atoms with van der Waals surface area (Å²) >= 11 is 3.25. The molecule has 2 rings (SSSR count). The Morgan fingerprint density at radius 2 is 1.94 bits per heavy atom. The van der Waals surface area contributed by atoms with Gasteiger partial charge in [-0.1, -0.05) is 0 Å². The summed E-state index contributed by atoms with van der Waals surface area (Å²) in [6.45, 7) is 1.86. The molecule has 1 fully saturated rings. The minimum absolute atomic E-state index is 0.182. The van der Waals surface area contributed by atoms with Gasteiger partial charge in [0, 0.05) is 24.7 Å². The molecule has 1 unspecified atom stereocenters. The summed E-state index contributed by atoms with van der Waals surface area (Å²) in [7, 11) is -3.05. The molecule has 1 atom stereocenters. The number of sulfone groups is 1. The van der Waals surface area contributed by atoms with Gasteiger partial charge in [-0.15, -0.1) is 0 Å². The zero-order valence-corrected chi connectivity index (χ0v) is 12.0. The lowest BCUT2D eigenvalue weighted by Crippen LogP contribution is -2.39. The van der Waals surface area contributed by atoms with Gasteiger partial charge in [0.1, 0.15) is 0 Å². The Labute approximate surface area is 109 Å². The van der Waals surface area contributed by atoms with Gasteiger partial charge in [0.2, 0.25) is 5.95 Å². The van der Waals surface area contributed by atoms with Crippen LogP contribution in [0.1, 0.15) is 19.8 Å². The number of hydrogen-bond donors (Lipinski definition) is 1. The molecular weight excluding hydrogens is 306 g/mol. The lowest BCUT2D eigenvalue weighted by atomic mass is 10.2. The molecule has 1 N–H and O–H groups in total. The van der Waals surface area contributed by atoms with Crippen molar-refractivity contribution in [3.05, 3.63) is 16.9 Å². The first-order valence-corrected chi connectivity index (χ1v) is 7.97. The Morgan fingerprint density at radius 1 is 1.41 bits per heavy atom. The second kappa shape index (κ2) is 4.20. The van der Waals surface area contributed by atoms with Gasteiger partial charge in [0.15, 0.2) is 9.84 Å². The van der Waals surface area contributed by atoms with Gasteiger partial charge < -0.3 is 5.32 Å². The number of halogens is 1. The van der Waals surface area contributed by atoms with Crippen molar-refractivity contribution in [2.24, 2.45) is 0 Å². The van der Waals surface area contributed by atoms with E-state index in [1.54, 1.807) is 12.4 Å². The molecule has 0 amide bonds. The number of nitrogens with zero attached hydrogens (tertiary/aromatic N) is 2. The van der Waals surface area contributed by atoms with Crippen LogP contribution in [-0.4, -0.2) is 35.4 Å². The molecule has 17 heavy (non-hydrogen) atoms. The number of rotatable bonds is 4. The van der Waals surface area contributed by atoms with Crippen molar-refractivity contribution in [1.29, 1.82) is 0 Å². The van der Waals surface area contributed by atoms with E-state index in [2.05, 4.69) is 31.2 Å². The van der Waals surface area contributed by atoms with Gasteiger partial charge >= 0.3 is 0 Å². The number of hydrogen-bond acceptors (Lipinski definition) is 5. The summed E-state index contributed by atoms with van der Waals surface area (Å²) in [6, 6.07) is -0.182. The second-order valence-electron chi connectivity index (χ2n) is 4.43. The summed E-state index contributed by atoms with van der Waals surface area (Å²) in [5.74, 6) is 0.454. The molecule has 1 heterocycles. The van der Waals surface area contributed by atoms with Crippen LogP contribution < -0.4 is 5.32 Å². The maximum absolute atomic E-state index is 11.7. The molecule has 0 spiro atoms. The first kappa shape index (κ1) is 12.8. The average Bonchev–Trinajstić information content (AvgIpc) is 3.01. The molecule has 1 aliphatic carbocycles. The number of nitrogens with one attached hydrogen (secondary N) is 1. The van der Waals surface area contributed by atoms with Gasteiger partial charge in [-0.05, 0) is 35.7 Å². The highest BCUT2D eigenvalue weighted by Gasteiger charge is 2.56. The first-order valence-electron chi connectivity index (χ1n) is 5.29. The van der Waals surface area contributed by atoms with Crippen LogP contribution in [0.4, 0.5) is 5.95 Å². The van der Waals surface area contributed by atoms with E-state index >= 15 is 0 Å². The van der Waals surface area contributed by atoms with E-state index in [1.807, 2.05) is 6.92 Å². The third kappa shape index (κ3) is 2.44. The highest BCUT2D eigenvalue weighted by molar-refractivity contribution is 9.10. The predicted molar refractivity (Wildman–Crippen MR) is 69.6 cm³/mol. The van der Waals surface area contributed by atoms with E-state index in [0.717, 1.165) is 4.47 Å². The first-order chi connectivity index (χ1) is 7.85. The van der Waals surface area contributed by atoms with Gasteiger partial charge in [-0.2, -0.15) is 0 Å². The standard InChI is InChI=1S/C10H14BrN3O2S/c1-7(10(3-4-10)17(2,15)16)14-9-12-5-8(11)6-13-9/h5-7H,3-4H2,1-2H3,(H,12,13,14). The van der Waals surface area contributed by atoms with Crippen molar-refractivity contribution in [3.8, 4) is 0 Å². The Morgan fingerprint density at radius 3 is 2.35 bits per heavy atom. The van der Waals surface area contributed by atoms with Crippen LogP contribution in [0.5, 0.6) is 0 Å². The largest absolute Gasteiger partial charge is 0.350 e. The molecule has 5 nitrogen and oxygen atoms in total. The molecule has 0 saturated heterocycles. The van der Waals surface area contributed by atoms with Gasteiger partial charge in [0.05, 0.1) is 9.22 Å². The summed E-state index contributed by atoms with van der Waals surface area (Å²) in [5, 5.41) is 3.06. The third-order valence-electron chi connectivity index (χ3n) is 3.24. The minimum Gasteiger partial charge on any atom is -0.350 e. The lowest BCUT2D eigenvalue weighted by Gasteiger charge is -2.22. The van der Waals surface area contributed by atoms with Crippen molar-refractivity contribution in [2.45, 2.75) is 30.6 Å². The van der Waals surface area contributed by atoms with E-state index in [9.17, 15) is 8.42 Å². The van der Waals surface area contributed by atoms with Crippen LogP contribution in [0.2, 0.25) is 0 Å². The molecule has 1 saturated carbocycles. The monoisotopic (exact) mass is 319 g/mol. The molecule has 0 radical (unpaired) electrons. The summed E-state index contributed by atoms with van der Waals surface area (Å²) in [6.07, 6.45) is 5.96. The highest BCUT2D eigenvalue weighted by atomic mass is 79.9. The molecule has 0 aromatic carbocycles. The quantitative estimate of drug-likeness (QED) is 0.913. The fraction of sp³-hybridized carbons (Fsp3) is 0.600. The third-order valence-corrected chi connectivity index (χ3v) is 5.88. The Bertz CT molecular complexity index is 511. The maximum Gasteiger partial charge on any atom is 0.222 e. The van der Waals surface area contributed by atoms with Crippen molar-refractivity contribution in [2.75, 3.05) is 11.6 Å². The van der Waals surface area contributed by atoms with Gasteiger partial charge in [-0.25, -0.2) is 18.4 Å². The van der Waals surface area contributed by atoms with E-state index in [4.69, 9.17) is 0 Å². The minimum atomic E-state index is -3.05. The van der Waals surface area contributed by atoms with E-state index < -0.39 is 14.6 Å². The topological polar surface area (TPSA) is 72.0 Å². The van der Waals surface area contributed by atoms with Crippen LogP contribution in [0.3, 0.4) is 0 Å². The molecule has 0 bridgehead atoms. The predicted octanol–water partition coefficient (Wildman–Crippen LogP) is 1.62. The fourth-order valence-electron chi connectivity index (χ4n) is 1.96. The average molecular weight is 320 g/mol. The Hall–Kier alpha value is -0.690. The van der Waals surface area contributed by atoms with Crippen molar-refractivity contribution < 1.29 is 8.42 Å². The molecule has 1 aliphatic rings. The Kier molecular flexibility index (Phi) is 3.15. The smallest absolute Gasteiger partial charge is 0.222 e. The second-order valence-corrected chi connectivity index (χ2v) is 7.70. The normalized spacial score (nSPS) is 19.7. The maximum atomic E-state index is 11.7. The fourth-order valence-corrected chi connectivity index (χ4v) is 3.71. The lowest BCUT2D eigenvalue weighted by molar-refractivity contribution is 0.567. The SMILES string of the molecule is CC(Nc1ncc(Br)cn1)C1(S(C)(=O)=O)CC1. The van der Waals surface area contributed by atoms with Crippen molar-refractivity contribution >= 4 is 31.7 Å².